The Labute approximate surface area is 196 Å². The predicted molar refractivity (Wildman–Crippen MR) is 119 cm³/mol. The fraction of sp³-hybridized carbons (Fsp3) is 0.217. The molecule has 0 radical (unpaired) electrons. The molecule has 1 saturated heterocycles. The molecule has 176 valence electrons. The van der Waals surface area contributed by atoms with E-state index in [2.05, 4.69) is 20.9 Å². The zero-order valence-corrected chi connectivity index (χ0v) is 18.9. The van der Waals surface area contributed by atoms with E-state index in [-0.39, 0.29) is 12.1 Å². The topological polar surface area (TPSA) is 100 Å². The molecule has 0 saturated carbocycles. The number of hydrogen-bond donors (Lipinski definition) is 3. The number of thiazole rings is 1. The van der Waals surface area contributed by atoms with Crippen molar-refractivity contribution >= 4 is 29.2 Å². The van der Waals surface area contributed by atoms with Crippen molar-refractivity contribution in [2.24, 2.45) is 0 Å². The minimum atomic E-state index is -4.47. The first-order valence-corrected chi connectivity index (χ1v) is 11.0. The van der Waals surface area contributed by atoms with Crippen LogP contribution in [-0.4, -0.2) is 29.4 Å². The van der Waals surface area contributed by atoms with Crippen molar-refractivity contribution in [3.05, 3.63) is 75.2 Å². The monoisotopic (exact) mass is 488 g/mol. The number of nitrogens with one attached hydrogen (secondary N) is 3. The number of nitrogens with zero attached hydrogens (tertiary/aromatic N) is 1. The number of aryl methyl sites for hydroxylation is 2. The fourth-order valence-electron chi connectivity index (χ4n) is 3.82. The molecule has 7 nitrogen and oxygen atoms in total. The lowest BCUT2D eigenvalue weighted by molar-refractivity contribution is -0.137. The lowest BCUT2D eigenvalue weighted by atomic mass is 9.93. The van der Waals surface area contributed by atoms with Gasteiger partial charge in [0, 0.05) is 10.4 Å². The molecule has 3 N–H and O–H groups in total. The number of hydrogen-bond acceptors (Lipinski definition) is 5. The highest BCUT2D eigenvalue weighted by molar-refractivity contribution is 7.09. The zero-order valence-electron chi connectivity index (χ0n) is 18.0. The van der Waals surface area contributed by atoms with Crippen LogP contribution >= 0.6 is 11.3 Å². The van der Waals surface area contributed by atoms with Gasteiger partial charge in [-0.3, -0.25) is 14.9 Å². The molecule has 0 aliphatic carbocycles. The molecule has 2 aromatic carbocycles. The quantitative estimate of drug-likeness (QED) is 0.474. The smallest absolute Gasteiger partial charge is 0.349 e. The van der Waals surface area contributed by atoms with E-state index >= 15 is 0 Å². The van der Waals surface area contributed by atoms with Crippen molar-refractivity contribution in [3.8, 4) is 11.1 Å². The van der Waals surface area contributed by atoms with Gasteiger partial charge in [0.15, 0.2) is 5.54 Å². The Morgan fingerprint density at radius 1 is 1.12 bits per heavy atom. The Morgan fingerprint density at radius 3 is 2.38 bits per heavy atom. The maximum Gasteiger partial charge on any atom is 0.416 e. The van der Waals surface area contributed by atoms with E-state index in [1.54, 1.807) is 32.0 Å². The highest BCUT2D eigenvalue weighted by Crippen LogP contribution is 2.33. The van der Waals surface area contributed by atoms with E-state index in [1.165, 1.54) is 29.0 Å². The van der Waals surface area contributed by atoms with Gasteiger partial charge in [-0.1, -0.05) is 29.8 Å². The van der Waals surface area contributed by atoms with E-state index in [4.69, 9.17) is 0 Å². The summed E-state index contributed by atoms with van der Waals surface area (Å²) in [6, 6.07) is 8.78. The van der Waals surface area contributed by atoms with Crippen molar-refractivity contribution in [1.29, 1.82) is 0 Å². The average molecular weight is 488 g/mol. The largest absolute Gasteiger partial charge is 0.416 e. The van der Waals surface area contributed by atoms with Gasteiger partial charge in [0.2, 0.25) is 0 Å². The van der Waals surface area contributed by atoms with Gasteiger partial charge < -0.3 is 10.6 Å². The van der Waals surface area contributed by atoms with E-state index < -0.39 is 35.1 Å². The molecule has 0 unspecified atom stereocenters. The van der Waals surface area contributed by atoms with Gasteiger partial charge in [0.25, 0.3) is 11.8 Å². The highest BCUT2D eigenvalue weighted by Gasteiger charge is 2.50. The standard InChI is InChI=1S/C23H19F3N4O3S/c1-12-3-8-16(17(9-12)14-4-6-15(7-5-14)23(24,25)26)19(31)27-10-22(18-13(2)34-11-28-18)20(32)29-21(33)30-22/h3-9,11H,10H2,1-2H3,(H,27,31)(H2,29,30,32,33)/t22-/m1/s1. The van der Waals surface area contributed by atoms with Gasteiger partial charge in [-0.25, -0.2) is 9.78 Å². The summed E-state index contributed by atoms with van der Waals surface area (Å²) in [5.74, 6) is -1.20. The first-order valence-electron chi connectivity index (χ1n) is 10.1. The van der Waals surface area contributed by atoms with Crippen LogP contribution in [-0.2, 0) is 16.5 Å². The van der Waals surface area contributed by atoms with E-state index in [0.29, 0.717) is 21.7 Å². The Morgan fingerprint density at radius 2 is 1.82 bits per heavy atom. The molecule has 1 aromatic heterocycles. The van der Waals surface area contributed by atoms with Crippen molar-refractivity contribution in [3.63, 3.8) is 0 Å². The third-order valence-electron chi connectivity index (χ3n) is 5.55. The van der Waals surface area contributed by atoms with Crippen LogP contribution in [0.1, 0.15) is 32.1 Å². The summed E-state index contributed by atoms with van der Waals surface area (Å²) in [5.41, 5.74) is 1.38. The van der Waals surface area contributed by atoms with Gasteiger partial charge in [-0.05, 0) is 43.2 Å². The number of benzene rings is 2. The first kappa shape index (κ1) is 23.4. The molecule has 3 aromatic rings. The lowest BCUT2D eigenvalue weighted by Gasteiger charge is -2.25. The SMILES string of the molecule is Cc1ccc(C(=O)NC[C@]2(c3ncsc3C)NC(=O)NC2=O)c(-c2ccc(C(F)(F)F)cc2)c1. The molecule has 4 amide bonds. The minimum absolute atomic E-state index is 0.209. The molecule has 34 heavy (non-hydrogen) atoms. The Bertz CT molecular complexity index is 1290. The number of aromatic nitrogens is 1. The third-order valence-corrected chi connectivity index (χ3v) is 6.31. The number of carbonyl (C=O) groups excluding carboxylic acids is 3. The second-order valence-electron chi connectivity index (χ2n) is 7.88. The predicted octanol–water partition coefficient (Wildman–Crippen LogP) is 3.91. The summed E-state index contributed by atoms with van der Waals surface area (Å²) in [4.78, 5) is 42.7. The van der Waals surface area contributed by atoms with Gasteiger partial charge >= 0.3 is 12.2 Å². The average Bonchev–Trinajstić information content (AvgIpc) is 3.33. The fourth-order valence-corrected chi connectivity index (χ4v) is 4.48. The van der Waals surface area contributed by atoms with Gasteiger partial charge in [0.05, 0.1) is 23.3 Å². The summed E-state index contributed by atoms with van der Waals surface area (Å²) in [7, 11) is 0. The van der Waals surface area contributed by atoms with Crippen LogP contribution in [0.15, 0.2) is 48.0 Å². The van der Waals surface area contributed by atoms with Crippen molar-refractivity contribution in [2.45, 2.75) is 25.6 Å². The number of carbonyl (C=O) groups is 3. The van der Waals surface area contributed by atoms with Crippen molar-refractivity contribution in [1.82, 2.24) is 20.9 Å². The number of urea groups is 1. The number of imide groups is 1. The summed E-state index contributed by atoms with van der Waals surface area (Å²) >= 11 is 1.29. The van der Waals surface area contributed by atoms with Gasteiger partial charge in [-0.2, -0.15) is 13.2 Å². The summed E-state index contributed by atoms with van der Waals surface area (Å²) in [6.45, 7) is 3.28. The third kappa shape index (κ3) is 4.26. The zero-order chi connectivity index (χ0) is 24.7. The Kier molecular flexibility index (Phi) is 5.90. The molecule has 1 aliphatic rings. The first-order chi connectivity index (χ1) is 16.0. The highest BCUT2D eigenvalue weighted by atomic mass is 32.1. The molecular formula is C23H19F3N4O3S. The van der Waals surface area contributed by atoms with Crippen LogP contribution in [0, 0.1) is 13.8 Å². The minimum Gasteiger partial charge on any atom is -0.349 e. The van der Waals surface area contributed by atoms with Crippen LogP contribution in [0.25, 0.3) is 11.1 Å². The molecule has 0 bridgehead atoms. The number of rotatable bonds is 5. The summed E-state index contributed by atoms with van der Waals surface area (Å²) in [6.07, 6.45) is -4.47. The maximum atomic E-state index is 13.2. The summed E-state index contributed by atoms with van der Waals surface area (Å²) < 4.78 is 38.9. The van der Waals surface area contributed by atoms with Crippen molar-refractivity contribution < 1.29 is 27.6 Å². The van der Waals surface area contributed by atoms with E-state index in [0.717, 1.165) is 17.7 Å². The molecular weight excluding hydrogens is 469 g/mol. The van der Waals surface area contributed by atoms with Crippen LogP contribution in [0.3, 0.4) is 0 Å². The molecule has 1 aliphatic heterocycles. The van der Waals surface area contributed by atoms with Gasteiger partial charge in [0.1, 0.15) is 0 Å². The van der Waals surface area contributed by atoms with Crippen LogP contribution in [0.2, 0.25) is 0 Å². The van der Waals surface area contributed by atoms with Crippen LogP contribution < -0.4 is 16.0 Å². The van der Waals surface area contributed by atoms with Crippen molar-refractivity contribution in [2.75, 3.05) is 6.54 Å². The number of alkyl halides is 3. The number of amides is 4. The Balaban J connectivity index is 1.65. The molecule has 0 spiro atoms. The summed E-state index contributed by atoms with van der Waals surface area (Å²) in [5, 5.41) is 7.43. The molecule has 4 rings (SSSR count). The van der Waals surface area contributed by atoms with E-state index in [9.17, 15) is 27.6 Å². The van der Waals surface area contributed by atoms with Crippen LogP contribution in [0.4, 0.5) is 18.0 Å². The van der Waals surface area contributed by atoms with Gasteiger partial charge in [-0.15, -0.1) is 11.3 Å². The second-order valence-corrected chi connectivity index (χ2v) is 8.94. The molecule has 2 heterocycles. The number of halogens is 3. The van der Waals surface area contributed by atoms with E-state index in [1.807, 2.05) is 0 Å². The normalized spacial score (nSPS) is 17.9. The maximum absolute atomic E-state index is 13.2. The second kappa shape index (κ2) is 8.56. The van der Waals surface area contributed by atoms with Crippen LogP contribution in [0.5, 0.6) is 0 Å². The molecule has 1 fully saturated rings. The Hall–Kier alpha value is -3.73. The molecule has 11 heteroatoms. The molecule has 1 atom stereocenters. The lowest BCUT2D eigenvalue weighted by Crippen LogP contribution is -2.53.